The Balaban J connectivity index is 3.54. The number of nitrogens with one attached hydrogen (secondary N) is 1. The summed E-state index contributed by atoms with van der Waals surface area (Å²) in [5.41, 5.74) is 0. The van der Waals surface area contributed by atoms with E-state index in [4.69, 9.17) is 15.5 Å². The Morgan fingerprint density at radius 3 is 2.53 bits per heavy atom. The molecule has 0 aromatic carbocycles. The van der Waals surface area contributed by atoms with Crippen LogP contribution in [-0.2, 0) is 14.4 Å². The summed E-state index contributed by atoms with van der Waals surface area (Å²) in [6.45, 7) is 1.29. The smallest absolute Gasteiger partial charge is 0.325 e. The number of hydrogen-bond acceptors (Lipinski definition) is 6. The first kappa shape index (κ1) is 13.8. The average Bonchev–Trinajstić information content (AvgIpc) is 2.12. The minimum Gasteiger partial charge on any atom is -0.480 e. The van der Waals surface area contributed by atoms with Crippen molar-refractivity contribution in [1.82, 2.24) is 10.7 Å². The molecule has 0 bridgehead atoms. The van der Waals surface area contributed by atoms with Crippen LogP contribution < -0.4 is 5.32 Å². The van der Waals surface area contributed by atoms with E-state index in [9.17, 15) is 9.59 Å². The number of carboxylic acid groups (broad SMARTS) is 1. The lowest BCUT2D eigenvalue weighted by molar-refractivity contribution is -0.492. The normalized spacial score (nSPS) is 12.5. The molecule has 0 radical (unpaired) electrons. The van der Waals surface area contributed by atoms with Gasteiger partial charge in [-0.25, -0.2) is 0 Å². The minimum absolute atomic E-state index is 0.0471. The Morgan fingerprint density at radius 2 is 2.07 bits per heavy atom. The molecule has 0 heterocycles. The Hall–Kier alpha value is -1.22. The zero-order valence-electron chi connectivity index (χ0n) is 8.21. The van der Waals surface area contributed by atoms with E-state index in [1.54, 1.807) is 0 Å². The predicted molar refractivity (Wildman–Crippen MR) is 45.8 cm³/mol. The predicted octanol–water partition coefficient (Wildman–Crippen LogP) is -0.632. The van der Waals surface area contributed by atoms with Crippen LogP contribution in [0.2, 0.25) is 0 Å². The van der Waals surface area contributed by atoms with Crippen molar-refractivity contribution < 1.29 is 29.9 Å². The summed E-state index contributed by atoms with van der Waals surface area (Å²) in [5, 5.41) is 26.5. The summed E-state index contributed by atoms with van der Waals surface area (Å²) in [7, 11) is 0. The standard InChI is InChI=1S/C7H14N2O6/c1-5(7(11)12)8-6(10)3-2-4-15-9(13)14/h5,13-14H,2-4H2,1H3,(H,8,10)(H,11,12). The van der Waals surface area contributed by atoms with E-state index in [0.29, 0.717) is 0 Å². The molecule has 0 aliphatic carbocycles. The number of nitrogens with zero attached hydrogens (tertiary/aromatic N) is 1. The molecule has 0 aromatic rings. The van der Waals surface area contributed by atoms with Crippen LogP contribution >= 0.6 is 0 Å². The maximum atomic E-state index is 11.0. The van der Waals surface area contributed by atoms with Crippen molar-refractivity contribution in [3.63, 3.8) is 0 Å². The molecule has 88 valence electrons. The van der Waals surface area contributed by atoms with E-state index in [1.807, 2.05) is 0 Å². The summed E-state index contributed by atoms with van der Waals surface area (Å²) in [4.78, 5) is 25.6. The molecule has 1 amide bonds. The van der Waals surface area contributed by atoms with E-state index >= 15 is 0 Å². The number of carboxylic acids is 1. The molecule has 0 saturated heterocycles. The highest BCUT2D eigenvalue weighted by molar-refractivity contribution is 5.83. The van der Waals surface area contributed by atoms with Crippen molar-refractivity contribution >= 4 is 11.9 Å². The molecule has 0 fully saturated rings. The van der Waals surface area contributed by atoms with Gasteiger partial charge in [-0.05, 0) is 13.3 Å². The topological polar surface area (TPSA) is 119 Å². The van der Waals surface area contributed by atoms with Crippen molar-refractivity contribution in [2.45, 2.75) is 25.8 Å². The van der Waals surface area contributed by atoms with Gasteiger partial charge in [0.2, 0.25) is 5.91 Å². The molecule has 0 saturated carbocycles. The Bertz CT molecular complexity index is 220. The van der Waals surface area contributed by atoms with Crippen LogP contribution in [0.15, 0.2) is 0 Å². The summed E-state index contributed by atoms with van der Waals surface area (Å²) in [6, 6.07) is -0.939. The zero-order valence-corrected chi connectivity index (χ0v) is 8.21. The van der Waals surface area contributed by atoms with Crippen LogP contribution in [0.1, 0.15) is 19.8 Å². The lowest BCUT2D eigenvalue weighted by atomic mass is 10.2. The monoisotopic (exact) mass is 222 g/mol. The van der Waals surface area contributed by atoms with Crippen molar-refractivity contribution in [3.05, 3.63) is 0 Å². The first-order valence-electron chi connectivity index (χ1n) is 4.26. The van der Waals surface area contributed by atoms with Gasteiger partial charge in [0.25, 0.3) is 0 Å². The van der Waals surface area contributed by atoms with Crippen LogP contribution in [0.4, 0.5) is 0 Å². The second-order valence-corrected chi connectivity index (χ2v) is 2.82. The van der Waals surface area contributed by atoms with Crippen LogP contribution in [0.5, 0.6) is 0 Å². The molecule has 0 spiro atoms. The van der Waals surface area contributed by atoms with Crippen LogP contribution in [0.3, 0.4) is 0 Å². The van der Waals surface area contributed by atoms with E-state index < -0.39 is 23.3 Å². The van der Waals surface area contributed by atoms with Gasteiger partial charge in [0.15, 0.2) is 0 Å². The highest BCUT2D eigenvalue weighted by Crippen LogP contribution is 1.92. The average molecular weight is 222 g/mol. The number of carbonyl (C=O) groups is 2. The fourth-order valence-corrected chi connectivity index (χ4v) is 0.754. The van der Waals surface area contributed by atoms with Crippen LogP contribution in [0, 0.1) is 0 Å². The second-order valence-electron chi connectivity index (χ2n) is 2.82. The molecule has 0 aromatic heterocycles. The molecule has 8 heteroatoms. The first-order chi connectivity index (χ1) is 6.93. The van der Waals surface area contributed by atoms with E-state index in [-0.39, 0.29) is 19.4 Å². The highest BCUT2D eigenvalue weighted by Gasteiger charge is 2.13. The van der Waals surface area contributed by atoms with Crippen LogP contribution in [0.25, 0.3) is 0 Å². The van der Waals surface area contributed by atoms with Crippen molar-refractivity contribution in [2.24, 2.45) is 0 Å². The fourth-order valence-electron chi connectivity index (χ4n) is 0.754. The van der Waals surface area contributed by atoms with E-state index in [1.165, 1.54) is 6.92 Å². The van der Waals surface area contributed by atoms with Crippen molar-refractivity contribution in [1.29, 1.82) is 0 Å². The van der Waals surface area contributed by atoms with Gasteiger partial charge in [-0.1, -0.05) is 0 Å². The van der Waals surface area contributed by atoms with Crippen molar-refractivity contribution in [3.8, 4) is 0 Å². The first-order valence-corrected chi connectivity index (χ1v) is 4.26. The number of aliphatic carboxylic acids is 1. The van der Waals surface area contributed by atoms with E-state index in [2.05, 4.69) is 10.2 Å². The zero-order chi connectivity index (χ0) is 11.8. The Morgan fingerprint density at radius 1 is 1.47 bits per heavy atom. The lowest BCUT2D eigenvalue weighted by Crippen LogP contribution is -2.38. The largest absolute Gasteiger partial charge is 0.480 e. The minimum atomic E-state index is -1.11. The third kappa shape index (κ3) is 7.82. The number of hydrogen-bond donors (Lipinski definition) is 4. The maximum Gasteiger partial charge on any atom is 0.325 e. The molecule has 8 nitrogen and oxygen atoms in total. The van der Waals surface area contributed by atoms with Gasteiger partial charge in [-0.2, -0.15) is 0 Å². The molecular formula is C7H14N2O6. The Labute approximate surface area is 85.9 Å². The van der Waals surface area contributed by atoms with E-state index in [0.717, 1.165) is 0 Å². The molecule has 0 aliphatic rings. The van der Waals surface area contributed by atoms with Gasteiger partial charge >= 0.3 is 5.97 Å². The molecule has 0 aliphatic heterocycles. The van der Waals surface area contributed by atoms with Crippen LogP contribution in [-0.4, -0.2) is 45.4 Å². The third-order valence-corrected chi connectivity index (χ3v) is 1.50. The SMILES string of the molecule is CC(NC(=O)CCCON(O)O)C(=O)O. The van der Waals surface area contributed by atoms with Crippen molar-refractivity contribution in [2.75, 3.05) is 6.61 Å². The molecule has 15 heavy (non-hydrogen) atoms. The third-order valence-electron chi connectivity index (χ3n) is 1.50. The molecule has 1 atom stereocenters. The Kier molecular flexibility index (Phi) is 6.54. The summed E-state index contributed by atoms with van der Waals surface area (Å²) in [5.74, 6) is -1.55. The second kappa shape index (κ2) is 7.12. The number of rotatable bonds is 7. The van der Waals surface area contributed by atoms with Gasteiger partial charge in [0.1, 0.15) is 6.04 Å². The molecular weight excluding hydrogens is 208 g/mol. The number of amides is 1. The van der Waals surface area contributed by atoms with Gasteiger partial charge in [0, 0.05) is 6.42 Å². The quantitative estimate of drug-likeness (QED) is 0.334. The summed E-state index contributed by atoms with van der Waals surface area (Å²) >= 11 is 0. The highest BCUT2D eigenvalue weighted by atomic mass is 17.1. The van der Waals surface area contributed by atoms with Gasteiger partial charge in [-0.15, -0.1) is 0 Å². The summed E-state index contributed by atoms with van der Waals surface area (Å²) < 4.78 is 0. The molecule has 0 rings (SSSR count). The summed E-state index contributed by atoms with van der Waals surface area (Å²) in [6.07, 6.45) is 0.293. The van der Waals surface area contributed by atoms with Gasteiger partial charge in [-0.3, -0.25) is 24.8 Å². The molecule has 4 N–H and O–H groups in total. The van der Waals surface area contributed by atoms with Gasteiger partial charge < -0.3 is 10.4 Å². The molecule has 1 unspecified atom stereocenters. The maximum absolute atomic E-state index is 11.0. The fraction of sp³-hybridized carbons (Fsp3) is 0.714. The lowest BCUT2D eigenvalue weighted by Gasteiger charge is -2.09. The number of carbonyl (C=O) groups excluding carboxylic acids is 1. The van der Waals surface area contributed by atoms with Gasteiger partial charge in [0.05, 0.1) is 12.0 Å².